The van der Waals surface area contributed by atoms with Crippen LogP contribution in [-0.2, 0) is 16.6 Å². The molecule has 1 aliphatic rings. The van der Waals surface area contributed by atoms with E-state index in [0.29, 0.717) is 18.4 Å². The maximum Gasteiger partial charge on any atom is 0.244 e. The lowest BCUT2D eigenvalue weighted by molar-refractivity contribution is 0.247. The first-order chi connectivity index (χ1) is 9.27. The van der Waals surface area contributed by atoms with Crippen molar-refractivity contribution in [1.29, 1.82) is 0 Å². The van der Waals surface area contributed by atoms with Crippen LogP contribution in [0.25, 0.3) is 0 Å². The molecule has 1 aromatic rings. The second-order valence-corrected chi connectivity index (χ2v) is 7.09. The van der Waals surface area contributed by atoms with Gasteiger partial charge in [0.2, 0.25) is 10.0 Å². The molecule has 0 spiro atoms. The molecule has 2 N–H and O–H groups in total. The molecule has 1 aromatic carbocycles. The maximum atomic E-state index is 13.8. The topological polar surface area (TPSA) is 58.2 Å². The van der Waals surface area contributed by atoms with Gasteiger partial charge in [0.15, 0.2) is 11.6 Å². The largest absolute Gasteiger partial charge is 0.316 e. The zero-order valence-electron chi connectivity index (χ0n) is 11.5. The second kappa shape index (κ2) is 5.38. The summed E-state index contributed by atoms with van der Waals surface area (Å²) in [4.78, 5) is -0.629. The summed E-state index contributed by atoms with van der Waals surface area (Å²) in [5.41, 5.74) is -0.175. The zero-order chi connectivity index (χ0) is 15.0. The van der Waals surface area contributed by atoms with Gasteiger partial charge in [0, 0.05) is 12.1 Å². The first-order valence-corrected chi connectivity index (χ1v) is 7.92. The van der Waals surface area contributed by atoms with Gasteiger partial charge in [-0.05, 0) is 50.9 Å². The molecule has 0 aliphatic heterocycles. The molecule has 1 saturated carbocycles. The van der Waals surface area contributed by atoms with Crippen LogP contribution in [0.4, 0.5) is 8.78 Å². The fraction of sp³-hybridized carbons (Fsp3) is 0.538. The third-order valence-electron chi connectivity index (χ3n) is 3.56. The first-order valence-electron chi connectivity index (χ1n) is 6.44. The average molecular weight is 304 g/mol. The Bertz CT molecular complexity index is 613. The van der Waals surface area contributed by atoms with Crippen LogP contribution in [0, 0.1) is 11.6 Å². The molecule has 4 nitrogen and oxygen atoms in total. The van der Waals surface area contributed by atoms with Crippen molar-refractivity contribution in [2.75, 3.05) is 7.05 Å². The van der Waals surface area contributed by atoms with Crippen LogP contribution in [0.15, 0.2) is 17.0 Å². The SMILES string of the molecule is CNCc1cc(F)c(F)c(S(=O)(=O)NC2(C)CCC2)c1. The number of hydrogen-bond acceptors (Lipinski definition) is 3. The molecule has 0 atom stereocenters. The van der Waals surface area contributed by atoms with E-state index in [-0.39, 0.29) is 6.54 Å². The summed E-state index contributed by atoms with van der Waals surface area (Å²) < 4.78 is 54.3. The van der Waals surface area contributed by atoms with Gasteiger partial charge in [-0.1, -0.05) is 0 Å². The molecule has 1 fully saturated rings. The lowest BCUT2D eigenvalue weighted by atomic mass is 9.80. The minimum Gasteiger partial charge on any atom is -0.316 e. The summed E-state index contributed by atoms with van der Waals surface area (Å²) in [6, 6.07) is 2.16. The number of benzene rings is 1. The first kappa shape index (κ1) is 15.3. The van der Waals surface area contributed by atoms with Gasteiger partial charge in [-0.25, -0.2) is 21.9 Å². The van der Waals surface area contributed by atoms with Crippen LogP contribution in [0.1, 0.15) is 31.7 Å². The van der Waals surface area contributed by atoms with E-state index < -0.39 is 32.1 Å². The molecule has 112 valence electrons. The van der Waals surface area contributed by atoms with E-state index in [1.165, 1.54) is 6.07 Å². The van der Waals surface area contributed by atoms with Crippen LogP contribution in [-0.4, -0.2) is 21.0 Å². The fourth-order valence-electron chi connectivity index (χ4n) is 2.31. The van der Waals surface area contributed by atoms with Crippen molar-refractivity contribution in [2.24, 2.45) is 0 Å². The third kappa shape index (κ3) is 2.99. The Morgan fingerprint density at radius 1 is 1.30 bits per heavy atom. The normalized spacial score (nSPS) is 17.8. The number of rotatable bonds is 5. The van der Waals surface area contributed by atoms with Gasteiger partial charge in [0.05, 0.1) is 0 Å². The highest BCUT2D eigenvalue weighted by atomic mass is 32.2. The van der Waals surface area contributed by atoms with Crippen molar-refractivity contribution in [3.63, 3.8) is 0 Å². The van der Waals surface area contributed by atoms with Gasteiger partial charge >= 0.3 is 0 Å². The molecule has 1 aliphatic carbocycles. The summed E-state index contributed by atoms with van der Waals surface area (Å²) in [6.07, 6.45) is 2.33. The molecule has 7 heteroatoms. The van der Waals surface area contributed by atoms with Crippen molar-refractivity contribution in [2.45, 2.75) is 43.2 Å². The van der Waals surface area contributed by atoms with Crippen LogP contribution in [0.5, 0.6) is 0 Å². The van der Waals surface area contributed by atoms with E-state index in [4.69, 9.17) is 0 Å². The average Bonchev–Trinajstić information content (AvgIpc) is 2.31. The summed E-state index contributed by atoms with van der Waals surface area (Å²) in [6.45, 7) is 2.02. The molecular weight excluding hydrogens is 286 g/mol. The Balaban J connectivity index is 2.39. The van der Waals surface area contributed by atoms with Gasteiger partial charge in [-0.3, -0.25) is 0 Å². The lowest BCUT2D eigenvalue weighted by Gasteiger charge is -2.38. The maximum absolute atomic E-state index is 13.8. The molecule has 0 saturated heterocycles. The molecule has 0 heterocycles. The molecule has 20 heavy (non-hydrogen) atoms. The van der Waals surface area contributed by atoms with Crippen molar-refractivity contribution < 1.29 is 17.2 Å². The third-order valence-corrected chi connectivity index (χ3v) is 5.20. The van der Waals surface area contributed by atoms with Crippen LogP contribution in [0.3, 0.4) is 0 Å². The number of sulfonamides is 1. The molecule has 0 aromatic heterocycles. The van der Waals surface area contributed by atoms with Crippen LogP contribution >= 0.6 is 0 Å². The van der Waals surface area contributed by atoms with Crippen LogP contribution in [0.2, 0.25) is 0 Å². The summed E-state index contributed by atoms with van der Waals surface area (Å²) in [7, 11) is -2.42. The lowest BCUT2D eigenvalue weighted by Crippen LogP contribution is -2.50. The highest BCUT2D eigenvalue weighted by Gasteiger charge is 2.37. The van der Waals surface area contributed by atoms with Gasteiger partial charge in [-0.15, -0.1) is 0 Å². The van der Waals surface area contributed by atoms with Crippen molar-refractivity contribution >= 4 is 10.0 Å². The van der Waals surface area contributed by atoms with Gasteiger partial charge in [0.1, 0.15) is 4.90 Å². The molecule has 0 unspecified atom stereocenters. The van der Waals surface area contributed by atoms with Gasteiger partial charge < -0.3 is 5.32 Å². The Kier molecular flexibility index (Phi) is 4.13. The summed E-state index contributed by atoms with van der Waals surface area (Å²) >= 11 is 0. The minimum absolute atomic E-state index is 0.261. The van der Waals surface area contributed by atoms with Gasteiger partial charge in [-0.2, -0.15) is 0 Å². The molecule has 0 bridgehead atoms. The Morgan fingerprint density at radius 3 is 2.45 bits per heavy atom. The van der Waals surface area contributed by atoms with E-state index >= 15 is 0 Å². The van der Waals surface area contributed by atoms with Crippen molar-refractivity contribution in [1.82, 2.24) is 10.0 Å². The Labute approximate surface area is 117 Å². The standard InChI is InChI=1S/C13H18F2N2O2S/c1-13(4-3-5-13)17-20(18,19)11-7-9(8-16-2)6-10(14)12(11)15/h6-7,16-17H,3-5,8H2,1-2H3. The predicted octanol–water partition coefficient (Wildman–Crippen LogP) is 1.91. The van der Waals surface area contributed by atoms with E-state index in [2.05, 4.69) is 10.0 Å². The van der Waals surface area contributed by atoms with Crippen molar-refractivity contribution in [3.8, 4) is 0 Å². The zero-order valence-corrected chi connectivity index (χ0v) is 12.3. The van der Waals surface area contributed by atoms with Crippen LogP contribution < -0.4 is 10.0 Å². The summed E-state index contributed by atoms with van der Waals surface area (Å²) in [5.74, 6) is -2.49. The van der Waals surface area contributed by atoms with E-state index in [9.17, 15) is 17.2 Å². The van der Waals surface area contributed by atoms with E-state index in [0.717, 1.165) is 12.5 Å². The monoisotopic (exact) mass is 304 g/mol. The Hall–Kier alpha value is -1.05. The molecule has 0 radical (unpaired) electrons. The van der Waals surface area contributed by atoms with E-state index in [1.54, 1.807) is 14.0 Å². The smallest absolute Gasteiger partial charge is 0.244 e. The fourth-order valence-corrected chi connectivity index (χ4v) is 3.91. The number of halogens is 2. The second-order valence-electron chi connectivity index (χ2n) is 5.44. The quantitative estimate of drug-likeness (QED) is 0.873. The Morgan fingerprint density at radius 2 is 1.95 bits per heavy atom. The molecule has 0 amide bonds. The molecule has 2 rings (SSSR count). The molecular formula is C13H18F2N2O2S. The number of nitrogens with one attached hydrogen (secondary N) is 2. The minimum atomic E-state index is -4.07. The highest BCUT2D eigenvalue weighted by Crippen LogP contribution is 2.33. The van der Waals surface area contributed by atoms with E-state index in [1.807, 2.05) is 0 Å². The predicted molar refractivity (Wildman–Crippen MR) is 71.7 cm³/mol. The number of hydrogen-bond donors (Lipinski definition) is 2. The highest BCUT2D eigenvalue weighted by molar-refractivity contribution is 7.89. The van der Waals surface area contributed by atoms with Gasteiger partial charge in [0.25, 0.3) is 0 Å². The van der Waals surface area contributed by atoms with Crippen molar-refractivity contribution in [3.05, 3.63) is 29.3 Å². The summed E-state index contributed by atoms with van der Waals surface area (Å²) in [5, 5.41) is 2.78.